The van der Waals surface area contributed by atoms with E-state index in [1.54, 1.807) is 0 Å². The van der Waals surface area contributed by atoms with Crippen LogP contribution in [0, 0.1) is 0 Å². The third kappa shape index (κ3) is 4.08. The summed E-state index contributed by atoms with van der Waals surface area (Å²) in [6.45, 7) is 0.114. The van der Waals surface area contributed by atoms with Gasteiger partial charge in [0.1, 0.15) is 12.6 Å². The summed E-state index contributed by atoms with van der Waals surface area (Å²) in [6.07, 6.45) is 3.63. The van der Waals surface area contributed by atoms with Crippen LogP contribution in [0.2, 0.25) is 0 Å². The predicted molar refractivity (Wildman–Crippen MR) is 122 cm³/mol. The van der Waals surface area contributed by atoms with Crippen LogP contribution < -0.4 is 5.32 Å². The Hall–Kier alpha value is -3.35. The molecular formula is C26H28N2O5. The van der Waals surface area contributed by atoms with Gasteiger partial charge < -0.3 is 20.1 Å². The highest BCUT2D eigenvalue weighted by molar-refractivity contribution is 5.90. The summed E-state index contributed by atoms with van der Waals surface area (Å²) in [4.78, 5) is 39.2. The van der Waals surface area contributed by atoms with Crippen LogP contribution in [0.3, 0.4) is 0 Å². The van der Waals surface area contributed by atoms with Crippen molar-refractivity contribution in [2.75, 3.05) is 6.61 Å². The van der Waals surface area contributed by atoms with E-state index in [0.29, 0.717) is 0 Å². The number of alkyl carbamates (subject to hydrolysis) is 1. The summed E-state index contributed by atoms with van der Waals surface area (Å²) in [6, 6.07) is 15.3. The second-order valence-electron chi connectivity index (χ2n) is 9.18. The van der Waals surface area contributed by atoms with Gasteiger partial charge in [0, 0.05) is 18.0 Å². The molecule has 2 heterocycles. The highest BCUT2D eigenvalue weighted by Crippen LogP contribution is 2.44. The third-order valence-corrected chi connectivity index (χ3v) is 7.26. The molecule has 0 saturated carbocycles. The van der Waals surface area contributed by atoms with E-state index in [9.17, 15) is 19.5 Å². The topological polar surface area (TPSA) is 95.9 Å². The molecule has 0 aromatic heterocycles. The number of carbonyl (C=O) groups excluding carboxylic acids is 2. The first-order valence-corrected chi connectivity index (χ1v) is 11.7. The first-order chi connectivity index (χ1) is 16.0. The molecule has 3 aliphatic rings. The van der Waals surface area contributed by atoms with Gasteiger partial charge in [-0.2, -0.15) is 0 Å². The Morgan fingerprint density at radius 2 is 1.52 bits per heavy atom. The lowest BCUT2D eigenvalue weighted by Crippen LogP contribution is -2.54. The van der Waals surface area contributed by atoms with Crippen LogP contribution in [-0.2, 0) is 14.3 Å². The number of rotatable bonds is 6. The van der Waals surface area contributed by atoms with Crippen molar-refractivity contribution in [1.82, 2.24) is 10.2 Å². The van der Waals surface area contributed by atoms with Gasteiger partial charge in [0.25, 0.3) is 0 Å². The molecular weight excluding hydrogens is 420 g/mol. The smallest absolute Gasteiger partial charge is 0.407 e. The second-order valence-corrected chi connectivity index (χ2v) is 9.18. The van der Waals surface area contributed by atoms with E-state index in [2.05, 4.69) is 17.4 Å². The molecule has 0 radical (unpaired) electrons. The molecule has 3 unspecified atom stereocenters. The molecule has 2 saturated heterocycles. The Morgan fingerprint density at radius 3 is 2.09 bits per heavy atom. The number of nitrogens with zero attached hydrogens (tertiary/aromatic N) is 1. The first-order valence-electron chi connectivity index (χ1n) is 11.7. The van der Waals surface area contributed by atoms with Crippen LogP contribution in [-0.4, -0.2) is 52.7 Å². The summed E-state index contributed by atoms with van der Waals surface area (Å²) in [5.74, 6) is -1.54. The number of hydrogen-bond acceptors (Lipinski definition) is 4. The van der Waals surface area contributed by atoms with Crippen LogP contribution >= 0.6 is 0 Å². The molecule has 3 atom stereocenters. The van der Waals surface area contributed by atoms with Gasteiger partial charge in [0.2, 0.25) is 5.91 Å². The van der Waals surface area contributed by atoms with E-state index in [1.165, 1.54) is 0 Å². The van der Waals surface area contributed by atoms with E-state index in [-0.39, 0.29) is 30.5 Å². The van der Waals surface area contributed by atoms with Gasteiger partial charge in [-0.15, -0.1) is 0 Å². The molecule has 7 nitrogen and oxygen atoms in total. The number of benzene rings is 2. The van der Waals surface area contributed by atoms with E-state index >= 15 is 0 Å². The number of hydrogen-bond donors (Lipinski definition) is 2. The van der Waals surface area contributed by atoms with Crippen LogP contribution in [0.4, 0.5) is 4.79 Å². The zero-order valence-electron chi connectivity index (χ0n) is 18.4. The maximum atomic E-state index is 13.2. The monoisotopic (exact) mass is 448 g/mol. The highest BCUT2D eigenvalue weighted by Gasteiger charge is 2.42. The molecule has 33 heavy (non-hydrogen) atoms. The molecule has 2 bridgehead atoms. The van der Waals surface area contributed by atoms with E-state index in [0.717, 1.165) is 54.4 Å². The number of carboxylic acids is 1. The number of nitrogens with one attached hydrogen (secondary N) is 1. The Labute approximate surface area is 192 Å². The minimum Gasteiger partial charge on any atom is -0.481 e. The average Bonchev–Trinajstić information content (AvgIpc) is 3.26. The summed E-state index contributed by atoms with van der Waals surface area (Å²) in [5.41, 5.74) is 4.44. The number of carbonyl (C=O) groups is 3. The van der Waals surface area contributed by atoms with Crippen LogP contribution in [0.5, 0.6) is 0 Å². The minimum absolute atomic E-state index is 0.102. The first kappa shape index (κ1) is 21.5. The van der Waals surface area contributed by atoms with Gasteiger partial charge in [-0.1, -0.05) is 48.5 Å². The zero-order chi connectivity index (χ0) is 22.9. The zero-order valence-corrected chi connectivity index (χ0v) is 18.4. The van der Waals surface area contributed by atoms with Crippen molar-refractivity contribution in [3.05, 3.63) is 59.7 Å². The lowest BCUT2D eigenvalue weighted by atomic mass is 9.98. The van der Waals surface area contributed by atoms with Crippen molar-refractivity contribution in [3.63, 3.8) is 0 Å². The number of amides is 2. The normalized spacial score (nSPS) is 21.8. The third-order valence-electron chi connectivity index (χ3n) is 7.26. The van der Waals surface area contributed by atoms with Crippen molar-refractivity contribution in [2.24, 2.45) is 0 Å². The maximum Gasteiger partial charge on any atom is 0.407 e. The maximum absolute atomic E-state index is 13.2. The molecule has 2 aliphatic heterocycles. The fourth-order valence-corrected chi connectivity index (χ4v) is 5.81. The lowest BCUT2D eigenvalue weighted by molar-refractivity contribution is -0.144. The fourth-order valence-electron chi connectivity index (χ4n) is 5.81. The van der Waals surface area contributed by atoms with E-state index in [4.69, 9.17) is 4.74 Å². The molecule has 2 aromatic rings. The molecule has 2 aromatic carbocycles. The number of aliphatic carboxylic acids is 1. The molecule has 1 aliphatic carbocycles. The second kappa shape index (κ2) is 8.89. The fraction of sp³-hybridized carbons (Fsp3) is 0.423. The van der Waals surface area contributed by atoms with Crippen molar-refractivity contribution in [2.45, 2.75) is 62.6 Å². The van der Waals surface area contributed by atoms with Crippen molar-refractivity contribution in [3.8, 4) is 11.1 Å². The largest absolute Gasteiger partial charge is 0.481 e. The number of piperidine rings is 1. The summed E-state index contributed by atoms with van der Waals surface area (Å²) in [5, 5.41) is 11.9. The Kier molecular flexibility index (Phi) is 5.79. The van der Waals surface area contributed by atoms with Crippen LogP contribution in [0.1, 0.15) is 55.6 Å². The molecule has 2 N–H and O–H groups in total. The molecule has 2 amide bonds. The van der Waals surface area contributed by atoms with Crippen molar-refractivity contribution in [1.29, 1.82) is 0 Å². The minimum atomic E-state index is -1.13. The Morgan fingerprint density at radius 1 is 0.939 bits per heavy atom. The van der Waals surface area contributed by atoms with Gasteiger partial charge >= 0.3 is 12.1 Å². The molecule has 172 valence electrons. The Balaban J connectivity index is 1.27. The van der Waals surface area contributed by atoms with Gasteiger partial charge in [0.15, 0.2) is 0 Å². The summed E-state index contributed by atoms with van der Waals surface area (Å²) < 4.78 is 5.54. The van der Waals surface area contributed by atoms with Crippen molar-refractivity contribution >= 4 is 18.0 Å². The standard InChI is InChI=1S/C26H28N2O5/c29-24(30)14-23(25(31)28-16-6-5-7-17(28)13-12-16)27-26(32)33-15-22-20-10-3-1-8-18(20)19-9-2-4-11-21(19)22/h1-4,8-11,16-17,22-23H,5-7,12-15H2,(H,27,32)(H,29,30). The molecule has 7 heteroatoms. The van der Waals surface area contributed by atoms with E-state index in [1.807, 2.05) is 41.3 Å². The molecule has 0 spiro atoms. The molecule has 5 rings (SSSR count). The summed E-state index contributed by atoms with van der Waals surface area (Å²) in [7, 11) is 0. The SMILES string of the molecule is O=C(O)CC(NC(=O)OCC1c2ccccc2-c2ccccc21)C(=O)N1C2CCCC1CC2. The number of fused-ring (bicyclic) bond motifs is 5. The Bertz CT molecular complexity index is 1020. The molecule has 2 fully saturated rings. The highest BCUT2D eigenvalue weighted by atomic mass is 16.5. The van der Waals surface area contributed by atoms with Gasteiger partial charge in [-0.05, 0) is 54.4 Å². The van der Waals surface area contributed by atoms with Gasteiger partial charge in [-0.25, -0.2) is 4.79 Å². The predicted octanol–water partition coefficient (Wildman–Crippen LogP) is 3.91. The van der Waals surface area contributed by atoms with Crippen LogP contribution in [0.25, 0.3) is 11.1 Å². The number of carboxylic acid groups (broad SMARTS) is 1. The van der Waals surface area contributed by atoms with E-state index < -0.39 is 24.5 Å². The average molecular weight is 449 g/mol. The quantitative estimate of drug-likeness (QED) is 0.699. The lowest BCUT2D eigenvalue weighted by Gasteiger charge is -2.37. The van der Waals surface area contributed by atoms with Crippen molar-refractivity contribution < 1.29 is 24.2 Å². The van der Waals surface area contributed by atoms with Crippen LogP contribution in [0.15, 0.2) is 48.5 Å². The van der Waals surface area contributed by atoms with Gasteiger partial charge in [0.05, 0.1) is 6.42 Å². The number of ether oxygens (including phenoxy) is 1. The van der Waals surface area contributed by atoms with Gasteiger partial charge in [-0.3, -0.25) is 9.59 Å². The summed E-state index contributed by atoms with van der Waals surface area (Å²) >= 11 is 0.